The molecule has 0 radical (unpaired) electrons. The Morgan fingerprint density at radius 1 is 1.04 bits per heavy atom. The van der Waals surface area contributed by atoms with Gasteiger partial charge in [-0.1, -0.05) is 57.6 Å². The van der Waals surface area contributed by atoms with Crippen LogP contribution < -0.4 is 0 Å². The second-order valence-electron chi connectivity index (χ2n) is 5.75. The molecule has 0 bridgehead atoms. The van der Waals surface area contributed by atoms with Crippen LogP contribution in [0.3, 0.4) is 0 Å². The summed E-state index contributed by atoms with van der Waals surface area (Å²) in [4.78, 5) is 23.4. The molecule has 0 aromatic carbocycles. The topological polar surface area (TPSA) is 107 Å². The van der Waals surface area contributed by atoms with Crippen molar-refractivity contribution in [2.24, 2.45) is 0 Å². The Morgan fingerprint density at radius 2 is 1.64 bits per heavy atom. The summed E-state index contributed by atoms with van der Waals surface area (Å²) in [6.45, 7) is 3.91. The summed E-state index contributed by atoms with van der Waals surface area (Å²) >= 11 is 0. The van der Waals surface area contributed by atoms with Crippen LogP contribution in [-0.4, -0.2) is 43.4 Å². The van der Waals surface area contributed by atoms with E-state index in [1.54, 1.807) is 19.1 Å². The highest BCUT2D eigenvalue weighted by atomic mass is 32.2. The van der Waals surface area contributed by atoms with Gasteiger partial charge in [-0.3, -0.25) is 14.1 Å². The first kappa shape index (κ1) is 23.6. The van der Waals surface area contributed by atoms with E-state index in [-0.39, 0.29) is 13.2 Å². The molecular formula is C17H30O7S. The number of ether oxygens (including phenoxy) is 2. The van der Waals surface area contributed by atoms with E-state index in [2.05, 4.69) is 6.92 Å². The van der Waals surface area contributed by atoms with E-state index in [0.717, 1.165) is 19.3 Å². The van der Waals surface area contributed by atoms with Crippen molar-refractivity contribution in [3.63, 3.8) is 0 Å². The van der Waals surface area contributed by atoms with E-state index in [1.165, 1.54) is 19.3 Å². The maximum Gasteiger partial charge on any atom is 0.327 e. The molecule has 0 saturated heterocycles. The predicted molar refractivity (Wildman–Crippen MR) is 94.7 cm³/mol. The molecule has 0 heterocycles. The molecule has 0 aliphatic carbocycles. The third-order valence-electron chi connectivity index (χ3n) is 3.54. The van der Waals surface area contributed by atoms with Crippen LogP contribution in [0.25, 0.3) is 0 Å². The molecule has 1 unspecified atom stereocenters. The van der Waals surface area contributed by atoms with Crippen molar-refractivity contribution in [3.8, 4) is 0 Å². The molecule has 0 amide bonds. The molecule has 0 rings (SSSR count). The van der Waals surface area contributed by atoms with Gasteiger partial charge in [0.05, 0.1) is 13.0 Å². The minimum Gasteiger partial charge on any atom is -0.465 e. The summed E-state index contributed by atoms with van der Waals surface area (Å²) in [7, 11) is -4.74. The second kappa shape index (κ2) is 13.8. The summed E-state index contributed by atoms with van der Waals surface area (Å²) < 4.78 is 41.4. The molecule has 0 fully saturated rings. The number of hydrogen-bond donors (Lipinski definition) is 1. The number of esters is 2. The highest BCUT2D eigenvalue weighted by molar-refractivity contribution is 7.87. The molecule has 0 aliphatic heterocycles. The number of rotatable bonds is 14. The molecule has 7 nitrogen and oxygen atoms in total. The van der Waals surface area contributed by atoms with Crippen molar-refractivity contribution in [2.75, 3.05) is 13.2 Å². The van der Waals surface area contributed by atoms with Crippen LogP contribution in [0.2, 0.25) is 0 Å². The summed E-state index contributed by atoms with van der Waals surface area (Å²) in [5.41, 5.74) is 0. The van der Waals surface area contributed by atoms with Crippen LogP contribution in [0.5, 0.6) is 0 Å². The van der Waals surface area contributed by atoms with Gasteiger partial charge in [0.1, 0.15) is 6.61 Å². The van der Waals surface area contributed by atoms with Gasteiger partial charge in [0, 0.05) is 0 Å². The lowest BCUT2D eigenvalue weighted by Gasteiger charge is -2.12. The van der Waals surface area contributed by atoms with Crippen LogP contribution in [0, 0.1) is 0 Å². The van der Waals surface area contributed by atoms with E-state index in [0.29, 0.717) is 6.42 Å². The summed E-state index contributed by atoms with van der Waals surface area (Å²) in [6, 6.07) is 0. The van der Waals surface area contributed by atoms with Crippen molar-refractivity contribution in [2.45, 2.75) is 70.5 Å². The normalized spacial score (nSPS) is 12.9. The van der Waals surface area contributed by atoms with Crippen molar-refractivity contribution >= 4 is 22.1 Å². The maximum atomic E-state index is 11.8. The van der Waals surface area contributed by atoms with Gasteiger partial charge >= 0.3 is 11.9 Å². The average molecular weight is 378 g/mol. The lowest BCUT2D eigenvalue weighted by Crippen LogP contribution is -2.34. The zero-order chi connectivity index (χ0) is 19.1. The molecular weight excluding hydrogens is 348 g/mol. The predicted octanol–water partition coefficient (Wildman–Crippen LogP) is 3.05. The van der Waals surface area contributed by atoms with Gasteiger partial charge in [0.2, 0.25) is 0 Å². The summed E-state index contributed by atoms with van der Waals surface area (Å²) in [5, 5.41) is -1.95. The molecule has 0 aromatic heterocycles. The smallest absolute Gasteiger partial charge is 0.327 e. The zero-order valence-electron chi connectivity index (χ0n) is 15.1. The van der Waals surface area contributed by atoms with E-state index < -0.39 is 33.7 Å². The van der Waals surface area contributed by atoms with E-state index in [1.807, 2.05) is 0 Å². The van der Waals surface area contributed by atoms with Crippen LogP contribution in [0.15, 0.2) is 12.2 Å². The molecule has 0 saturated carbocycles. The maximum absolute atomic E-state index is 11.8. The van der Waals surface area contributed by atoms with E-state index >= 15 is 0 Å². The Labute approximate surface area is 150 Å². The third kappa shape index (κ3) is 12.6. The number of unbranched alkanes of at least 4 members (excludes halogenated alkanes) is 6. The van der Waals surface area contributed by atoms with E-state index in [4.69, 9.17) is 14.0 Å². The van der Waals surface area contributed by atoms with Gasteiger partial charge in [-0.2, -0.15) is 8.42 Å². The largest absolute Gasteiger partial charge is 0.465 e. The van der Waals surface area contributed by atoms with Gasteiger partial charge in [-0.15, -0.1) is 0 Å². The number of carbonyl (C=O) groups excluding carboxylic acids is 2. The fourth-order valence-electron chi connectivity index (χ4n) is 2.08. The van der Waals surface area contributed by atoms with Gasteiger partial charge in [-0.05, 0) is 13.3 Å². The highest BCUT2D eigenvalue weighted by Gasteiger charge is 2.35. The van der Waals surface area contributed by atoms with Crippen LogP contribution in [0.1, 0.15) is 65.2 Å². The first-order chi connectivity index (χ1) is 11.8. The summed E-state index contributed by atoms with van der Waals surface area (Å²) in [6.07, 6.45) is 9.62. The van der Waals surface area contributed by atoms with Gasteiger partial charge in [0.15, 0.2) is 5.25 Å². The monoisotopic (exact) mass is 378 g/mol. The van der Waals surface area contributed by atoms with Crippen LogP contribution in [-0.2, 0) is 29.2 Å². The third-order valence-corrected chi connectivity index (χ3v) is 4.62. The lowest BCUT2D eigenvalue weighted by atomic mass is 10.1. The minimum atomic E-state index is -4.74. The first-order valence-corrected chi connectivity index (χ1v) is 10.2. The van der Waals surface area contributed by atoms with Crippen molar-refractivity contribution in [3.05, 3.63) is 12.2 Å². The fourth-order valence-corrected chi connectivity index (χ4v) is 2.74. The van der Waals surface area contributed by atoms with Crippen LogP contribution in [0.4, 0.5) is 0 Å². The average Bonchev–Trinajstić information content (AvgIpc) is 2.54. The summed E-state index contributed by atoms with van der Waals surface area (Å²) in [5.74, 6) is -2.02. The molecule has 8 heteroatoms. The van der Waals surface area contributed by atoms with E-state index in [9.17, 15) is 18.0 Å². The van der Waals surface area contributed by atoms with Crippen molar-refractivity contribution < 1.29 is 32.0 Å². The molecule has 1 atom stereocenters. The van der Waals surface area contributed by atoms with Crippen LogP contribution >= 0.6 is 0 Å². The quantitative estimate of drug-likeness (QED) is 0.214. The Bertz CT molecular complexity index is 511. The SMILES string of the molecule is C/C=C/COC(=O)CC(C(=O)OCCCCCCCCC)S(=O)(=O)O. The first-order valence-electron chi connectivity index (χ1n) is 8.72. The van der Waals surface area contributed by atoms with Gasteiger partial charge in [-0.25, -0.2) is 0 Å². The Balaban J connectivity index is 4.22. The number of carbonyl (C=O) groups is 2. The van der Waals surface area contributed by atoms with Gasteiger partial charge in [0.25, 0.3) is 10.1 Å². The molecule has 146 valence electrons. The Hall–Kier alpha value is -1.41. The molecule has 0 spiro atoms. The van der Waals surface area contributed by atoms with Crippen molar-refractivity contribution in [1.29, 1.82) is 0 Å². The minimum absolute atomic E-state index is 0.0272. The highest BCUT2D eigenvalue weighted by Crippen LogP contribution is 2.11. The van der Waals surface area contributed by atoms with Gasteiger partial charge < -0.3 is 9.47 Å². The molecule has 0 aliphatic rings. The molecule has 1 N–H and O–H groups in total. The zero-order valence-corrected chi connectivity index (χ0v) is 15.9. The lowest BCUT2D eigenvalue weighted by molar-refractivity contribution is -0.149. The van der Waals surface area contributed by atoms with Crippen molar-refractivity contribution in [1.82, 2.24) is 0 Å². The number of allylic oxidation sites excluding steroid dienone is 1. The molecule has 25 heavy (non-hydrogen) atoms. The standard InChI is InChI=1S/C17H30O7S/c1-3-5-7-8-9-10-11-13-24-17(19)15(25(20,21)22)14-16(18)23-12-6-4-2/h4,6,15H,3,5,7-14H2,1-2H3,(H,20,21,22)/b6-4+. The Morgan fingerprint density at radius 3 is 2.20 bits per heavy atom. The second-order valence-corrected chi connectivity index (χ2v) is 7.35. The molecule has 0 aromatic rings. The Kier molecular flexibility index (Phi) is 13.1. The number of hydrogen-bond acceptors (Lipinski definition) is 6. The fraction of sp³-hybridized carbons (Fsp3) is 0.765.